The summed E-state index contributed by atoms with van der Waals surface area (Å²) >= 11 is 0.699. The number of thioether (sulfide) groups is 1. The lowest BCUT2D eigenvalue weighted by atomic mass is 10.2. The summed E-state index contributed by atoms with van der Waals surface area (Å²) in [4.78, 5) is 35.5. The van der Waals surface area contributed by atoms with E-state index in [0.29, 0.717) is 17.3 Å². The third kappa shape index (κ3) is 2.67. The third-order valence-electron chi connectivity index (χ3n) is 2.76. The number of aliphatic carboxylic acids is 1. The second-order valence-electron chi connectivity index (χ2n) is 4.16. The standard InChI is InChI=1S/C13H11NO5S/c1-7(12(17)18)14-11(16)10(20-13(14)19)6-8-2-4-9(15)5-3-8/h2-7,15H,1H3,(H,17,18)/b10-6-/t7-/m0/s1. The largest absolute Gasteiger partial charge is 0.508 e. The maximum atomic E-state index is 12.0. The van der Waals surface area contributed by atoms with Gasteiger partial charge in [0.2, 0.25) is 0 Å². The van der Waals surface area contributed by atoms with Crippen LogP contribution in [0.15, 0.2) is 29.2 Å². The first-order chi connectivity index (χ1) is 9.40. The summed E-state index contributed by atoms with van der Waals surface area (Å²) in [5, 5.41) is 17.4. The number of rotatable bonds is 3. The average molecular weight is 293 g/mol. The Bertz CT molecular complexity index is 608. The van der Waals surface area contributed by atoms with Gasteiger partial charge in [-0.1, -0.05) is 12.1 Å². The van der Waals surface area contributed by atoms with Gasteiger partial charge in [-0.3, -0.25) is 14.5 Å². The normalized spacial score (nSPS) is 18.6. The van der Waals surface area contributed by atoms with E-state index in [0.717, 1.165) is 4.90 Å². The fourth-order valence-corrected chi connectivity index (χ4v) is 2.55. The van der Waals surface area contributed by atoms with Gasteiger partial charge in [-0.05, 0) is 42.5 Å². The van der Waals surface area contributed by atoms with Gasteiger partial charge in [0.05, 0.1) is 4.91 Å². The molecule has 6 nitrogen and oxygen atoms in total. The lowest BCUT2D eigenvalue weighted by Gasteiger charge is -2.16. The van der Waals surface area contributed by atoms with Gasteiger partial charge >= 0.3 is 5.97 Å². The topological polar surface area (TPSA) is 94.9 Å². The van der Waals surface area contributed by atoms with E-state index in [2.05, 4.69) is 0 Å². The van der Waals surface area contributed by atoms with Crippen molar-refractivity contribution in [1.82, 2.24) is 4.90 Å². The van der Waals surface area contributed by atoms with Crippen LogP contribution in [0, 0.1) is 0 Å². The minimum atomic E-state index is -1.24. The summed E-state index contributed by atoms with van der Waals surface area (Å²) in [5.41, 5.74) is 0.635. The van der Waals surface area contributed by atoms with Gasteiger partial charge in [0, 0.05) is 0 Å². The zero-order chi connectivity index (χ0) is 14.9. The molecule has 1 aromatic rings. The van der Waals surface area contributed by atoms with Crippen molar-refractivity contribution in [3.05, 3.63) is 34.7 Å². The maximum Gasteiger partial charge on any atom is 0.326 e. The van der Waals surface area contributed by atoms with Gasteiger partial charge in [-0.2, -0.15) is 0 Å². The molecule has 1 fully saturated rings. The van der Waals surface area contributed by atoms with Crippen LogP contribution in [0.5, 0.6) is 5.75 Å². The molecule has 0 aliphatic carbocycles. The second kappa shape index (κ2) is 5.38. The fraction of sp³-hybridized carbons (Fsp3) is 0.154. The summed E-state index contributed by atoms with van der Waals surface area (Å²) in [6.45, 7) is 1.28. The van der Waals surface area contributed by atoms with Crippen LogP contribution in [0.3, 0.4) is 0 Å². The number of amides is 2. The highest BCUT2D eigenvalue weighted by Gasteiger charge is 2.40. The van der Waals surface area contributed by atoms with E-state index in [1.807, 2.05) is 0 Å². The van der Waals surface area contributed by atoms with E-state index in [9.17, 15) is 14.4 Å². The number of aromatic hydroxyl groups is 1. The Balaban J connectivity index is 2.28. The Morgan fingerprint density at radius 2 is 1.90 bits per heavy atom. The first-order valence-electron chi connectivity index (χ1n) is 5.69. The molecule has 2 amide bonds. The fourth-order valence-electron chi connectivity index (χ4n) is 1.65. The molecule has 0 spiro atoms. The third-order valence-corrected chi connectivity index (χ3v) is 3.64. The Morgan fingerprint density at radius 1 is 1.30 bits per heavy atom. The van der Waals surface area contributed by atoms with E-state index in [1.165, 1.54) is 25.1 Å². The SMILES string of the molecule is C[C@@H](C(=O)O)N1C(=O)S/C(=C\c2ccc(O)cc2)C1=O. The number of carboxylic acid groups (broad SMARTS) is 1. The monoisotopic (exact) mass is 293 g/mol. The van der Waals surface area contributed by atoms with Crippen molar-refractivity contribution in [2.45, 2.75) is 13.0 Å². The predicted octanol–water partition coefficient (Wildman–Crippen LogP) is 1.90. The van der Waals surface area contributed by atoms with Crippen LogP contribution >= 0.6 is 11.8 Å². The molecule has 1 aromatic carbocycles. The number of hydrogen-bond acceptors (Lipinski definition) is 5. The molecular formula is C13H11NO5S. The minimum Gasteiger partial charge on any atom is -0.508 e. The van der Waals surface area contributed by atoms with Crippen molar-refractivity contribution in [2.75, 3.05) is 0 Å². The molecule has 1 atom stereocenters. The molecular weight excluding hydrogens is 282 g/mol. The number of carbonyl (C=O) groups excluding carboxylic acids is 2. The minimum absolute atomic E-state index is 0.0924. The molecule has 0 radical (unpaired) electrons. The van der Waals surface area contributed by atoms with Crippen molar-refractivity contribution in [3.8, 4) is 5.75 Å². The van der Waals surface area contributed by atoms with Crippen molar-refractivity contribution in [1.29, 1.82) is 0 Å². The average Bonchev–Trinajstić information content (AvgIpc) is 2.66. The molecule has 0 aromatic heterocycles. The first kappa shape index (κ1) is 14.1. The first-order valence-corrected chi connectivity index (χ1v) is 6.50. The number of carbonyl (C=O) groups is 3. The summed E-state index contributed by atoms with van der Waals surface area (Å²) in [5.74, 6) is -1.77. The number of benzene rings is 1. The van der Waals surface area contributed by atoms with E-state index < -0.39 is 23.2 Å². The number of nitrogens with zero attached hydrogens (tertiary/aromatic N) is 1. The molecule has 1 heterocycles. The van der Waals surface area contributed by atoms with Gasteiger partial charge in [-0.25, -0.2) is 4.79 Å². The predicted molar refractivity (Wildman–Crippen MR) is 73.0 cm³/mol. The van der Waals surface area contributed by atoms with Crippen molar-refractivity contribution < 1.29 is 24.6 Å². The van der Waals surface area contributed by atoms with Gasteiger partial charge in [0.15, 0.2) is 0 Å². The lowest BCUT2D eigenvalue weighted by molar-refractivity contribution is -0.145. The molecule has 0 saturated carbocycles. The van der Waals surface area contributed by atoms with Crippen LogP contribution in [0.2, 0.25) is 0 Å². The number of imide groups is 1. The number of carboxylic acids is 1. The highest BCUT2D eigenvalue weighted by molar-refractivity contribution is 8.18. The Morgan fingerprint density at radius 3 is 2.45 bits per heavy atom. The Labute approximate surface area is 118 Å². The molecule has 1 aliphatic rings. The van der Waals surface area contributed by atoms with Crippen molar-refractivity contribution in [3.63, 3.8) is 0 Å². The van der Waals surface area contributed by atoms with Crippen molar-refractivity contribution in [2.24, 2.45) is 0 Å². The van der Waals surface area contributed by atoms with Crippen LogP contribution in [-0.2, 0) is 9.59 Å². The summed E-state index contributed by atoms with van der Waals surface area (Å²) < 4.78 is 0. The molecule has 0 bridgehead atoms. The number of phenols is 1. The molecule has 1 aliphatic heterocycles. The molecule has 2 rings (SSSR count). The number of phenolic OH excluding ortho intramolecular Hbond substituents is 1. The molecule has 7 heteroatoms. The highest BCUT2D eigenvalue weighted by Crippen LogP contribution is 2.33. The molecule has 1 saturated heterocycles. The van der Waals surface area contributed by atoms with Crippen LogP contribution in [0.1, 0.15) is 12.5 Å². The lowest BCUT2D eigenvalue weighted by Crippen LogP contribution is -2.41. The van der Waals surface area contributed by atoms with E-state index >= 15 is 0 Å². The summed E-state index contributed by atoms with van der Waals surface area (Å²) in [6.07, 6.45) is 1.49. The molecule has 20 heavy (non-hydrogen) atoms. The molecule has 0 unspecified atom stereocenters. The molecule has 104 valence electrons. The van der Waals surface area contributed by atoms with Crippen LogP contribution in [0.4, 0.5) is 4.79 Å². The van der Waals surface area contributed by atoms with E-state index in [1.54, 1.807) is 12.1 Å². The second-order valence-corrected chi connectivity index (χ2v) is 5.15. The molecule has 2 N–H and O–H groups in total. The van der Waals surface area contributed by atoms with Crippen LogP contribution < -0.4 is 0 Å². The zero-order valence-electron chi connectivity index (χ0n) is 10.4. The summed E-state index contributed by atoms with van der Waals surface area (Å²) in [6, 6.07) is 4.88. The smallest absolute Gasteiger partial charge is 0.326 e. The van der Waals surface area contributed by atoms with Gasteiger partial charge in [0.1, 0.15) is 11.8 Å². The highest BCUT2D eigenvalue weighted by atomic mass is 32.2. The maximum absolute atomic E-state index is 12.0. The van der Waals surface area contributed by atoms with Crippen LogP contribution in [-0.4, -0.2) is 38.3 Å². The van der Waals surface area contributed by atoms with Gasteiger partial charge in [-0.15, -0.1) is 0 Å². The zero-order valence-corrected chi connectivity index (χ0v) is 11.3. The van der Waals surface area contributed by atoms with E-state index in [-0.39, 0.29) is 10.7 Å². The van der Waals surface area contributed by atoms with Gasteiger partial charge < -0.3 is 10.2 Å². The van der Waals surface area contributed by atoms with Crippen molar-refractivity contribution >= 4 is 35.0 Å². The van der Waals surface area contributed by atoms with Crippen LogP contribution in [0.25, 0.3) is 6.08 Å². The summed E-state index contributed by atoms with van der Waals surface area (Å²) in [7, 11) is 0. The van der Waals surface area contributed by atoms with E-state index in [4.69, 9.17) is 10.2 Å². The Kier molecular flexibility index (Phi) is 3.80. The Hall–Kier alpha value is -2.28. The van der Waals surface area contributed by atoms with Gasteiger partial charge in [0.25, 0.3) is 11.1 Å². The number of hydrogen-bond donors (Lipinski definition) is 2. The quantitative estimate of drug-likeness (QED) is 0.826.